The fourth-order valence-electron chi connectivity index (χ4n) is 4.08. The van der Waals surface area contributed by atoms with Gasteiger partial charge in [-0.05, 0) is 37.5 Å². The lowest BCUT2D eigenvalue weighted by Gasteiger charge is -2.23. The van der Waals surface area contributed by atoms with Gasteiger partial charge in [0.2, 0.25) is 0 Å². The SMILES string of the molecule is COc1cc(C2SC(C)=Nc3c2c(=O)[nH]n3C2CCCCCC2)ccc1O. The van der Waals surface area contributed by atoms with Crippen LogP contribution in [0.5, 0.6) is 11.5 Å². The van der Waals surface area contributed by atoms with E-state index in [1.807, 2.05) is 17.7 Å². The van der Waals surface area contributed by atoms with E-state index in [1.165, 1.54) is 32.8 Å². The maximum Gasteiger partial charge on any atom is 0.271 e. The molecule has 27 heavy (non-hydrogen) atoms. The maximum atomic E-state index is 12.9. The number of nitrogens with one attached hydrogen (secondary N) is 1. The molecule has 2 heterocycles. The summed E-state index contributed by atoms with van der Waals surface area (Å²) in [5, 5.41) is 13.7. The number of aromatic nitrogens is 2. The molecule has 7 heteroatoms. The van der Waals surface area contributed by atoms with Crippen LogP contribution in [-0.2, 0) is 0 Å². The van der Waals surface area contributed by atoms with Gasteiger partial charge < -0.3 is 9.84 Å². The van der Waals surface area contributed by atoms with Crippen LogP contribution in [0, 0.1) is 0 Å². The number of phenols is 1. The minimum Gasteiger partial charge on any atom is -0.504 e. The van der Waals surface area contributed by atoms with Crippen molar-refractivity contribution in [3.05, 3.63) is 39.7 Å². The number of thioether (sulfide) groups is 1. The Kier molecular flexibility index (Phi) is 5.04. The van der Waals surface area contributed by atoms with E-state index in [-0.39, 0.29) is 16.6 Å². The van der Waals surface area contributed by atoms with Crippen molar-refractivity contribution >= 4 is 22.6 Å². The van der Waals surface area contributed by atoms with E-state index in [9.17, 15) is 9.90 Å². The number of H-pyrrole nitrogens is 1. The van der Waals surface area contributed by atoms with Gasteiger partial charge in [0.15, 0.2) is 17.3 Å². The number of aromatic hydroxyl groups is 1. The number of phenolic OH excluding ortho intramolecular Hbond substituents is 1. The summed E-state index contributed by atoms with van der Waals surface area (Å²) in [5.74, 6) is 1.27. The van der Waals surface area contributed by atoms with E-state index in [0.717, 1.165) is 29.3 Å². The Bertz CT molecular complexity index is 923. The second-order valence-electron chi connectivity index (χ2n) is 7.25. The Hall–Kier alpha value is -2.15. The molecule has 0 bridgehead atoms. The molecule has 0 amide bonds. The molecule has 4 rings (SSSR count). The molecular formula is C20H25N3O3S. The molecule has 1 aliphatic heterocycles. The lowest BCUT2D eigenvalue weighted by atomic mass is 10.0. The van der Waals surface area contributed by atoms with Gasteiger partial charge in [-0.15, -0.1) is 0 Å². The standard InChI is InChI=1S/C20H25N3O3S/c1-12-21-19-17(18(27-12)13-9-10-15(24)16(11-13)26-2)20(25)22-23(19)14-7-5-3-4-6-8-14/h9-11,14,18,24H,3-8H2,1-2H3,(H,22,25). The van der Waals surface area contributed by atoms with Crippen molar-refractivity contribution in [1.82, 2.24) is 9.78 Å². The third-order valence-electron chi connectivity index (χ3n) is 5.45. The van der Waals surface area contributed by atoms with Crippen LogP contribution >= 0.6 is 11.8 Å². The average molecular weight is 388 g/mol. The molecule has 1 aromatic carbocycles. The average Bonchev–Trinajstić information content (AvgIpc) is 2.84. The molecule has 0 radical (unpaired) electrons. The second-order valence-corrected chi connectivity index (χ2v) is 8.55. The highest BCUT2D eigenvalue weighted by atomic mass is 32.2. The van der Waals surface area contributed by atoms with Crippen molar-refractivity contribution < 1.29 is 9.84 Å². The second kappa shape index (κ2) is 7.46. The third-order valence-corrected chi connectivity index (χ3v) is 6.62. The van der Waals surface area contributed by atoms with Crippen molar-refractivity contribution in [3.8, 4) is 11.5 Å². The van der Waals surface area contributed by atoms with Gasteiger partial charge in [0, 0.05) is 0 Å². The summed E-state index contributed by atoms with van der Waals surface area (Å²) in [5.41, 5.74) is 1.55. The number of rotatable bonds is 3. The summed E-state index contributed by atoms with van der Waals surface area (Å²) in [7, 11) is 1.53. The summed E-state index contributed by atoms with van der Waals surface area (Å²) in [6.45, 7) is 1.98. The van der Waals surface area contributed by atoms with Crippen LogP contribution in [0.4, 0.5) is 5.82 Å². The smallest absolute Gasteiger partial charge is 0.271 e. The number of methoxy groups -OCH3 is 1. The highest BCUT2D eigenvalue weighted by molar-refractivity contribution is 8.14. The molecule has 2 N–H and O–H groups in total. The van der Waals surface area contributed by atoms with Crippen molar-refractivity contribution in [2.24, 2.45) is 4.99 Å². The maximum absolute atomic E-state index is 12.9. The number of ether oxygens (including phenoxy) is 1. The first-order valence-electron chi connectivity index (χ1n) is 9.51. The number of fused-ring (bicyclic) bond motifs is 1. The molecule has 0 saturated heterocycles. The molecule has 6 nitrogen and oxygen atoms in total. The summed E-state index contributed by atoms with van der Waals surface area (Å²) in [6, 6.07) is 5.57. The van der Waals surface area contributed by atoms with Crippen LogP contribution in [0.1, 0.15) is 67.9 Å². The number of benzene rings is 1. The molecule has 1 aromatic heterocycles. The first kappa shape index (κ1) is 18.2. The molecule has 144 valence electrons. The van der Waals surface area contributed by atoms with E-state index in [2.05, 4.69) is 5.10 Å². The van der Waals surface area contributed by atoms with Crippen molar-refractivity contribution in [3.63, 3.8) is 0 Å². The van der Waals surface area contributed by atoms with Gasteiger partial charge in [-0.1, -0.05) is 43.5 Å². The van der Waals surface area contributed by atoms with Crippen LogP contribution in [0.25, 0.3) is 0 Å². The minimum absolute atomic E-state index is 0.0740. The van der Waals surface area contributed by atoms with Crippen molar-refractivity contribution in [2.75, 3.05) is 7.11 Å². The summed E-state index contributed by atoms with van der Waals surface area (Å²) < 4.78 is 7.27. The van der Waals surface area contributed by atoms with Gasteiger partial charge in [0.25, 0.3) is 5.56 Å². The summed E-state index contributed by atoms with van der Waals surface area (Å²) in [6.07, 6.45) is 7.06. The first-order valence-corrected chi connectivity index (χ1v) is 10.4. The molecule has 2 aliphatic rings. The monoisotopic (exact) mass is 387 g/mol. The van der Waals surface area contributed by atoms with Crippen LogP contribution in [-0.4, -0.2) is 27.0 Å². The number of aliphatic imine (C=N–C) groups is 1. The van der Waals surface area contributed by atoms with Crippen LogP contribution in [0.2, 0.25) is 0 Å². The first-order chi connectivity index (χ1) is 13.1. The topological polar surface area (TPSA) is 79.6 Å². The van der Waals surface area contributed by atoms with Crippen LogP contribution in [0.15, 0.2) is 28.0 Å². The quantitative estimate of drug-likeness (QED) is 0.750. The number of aromatic amines is 1. The van der Waals surface area contributed by atoms with Crippen LogP contribution < -0.4 is 10.3 Å². The Morgan fingerprint density at radius 1 is 1.26 bits per heavy atom. The zero-order valence-electron chi connectivity index (χ0n) is 15.7. The van der Waals surface area contributed by atoms with Gasteiger partial charge in [-0.2, -0.15) is 0 Å². The number of nitrogens with zero attached hydrogens (tertiary/aromatic N) is 2. The number of hydrogen-bond acceptors (Lipinski definition) is 5. The minimum atomic E-state index is -0.164. The zero-order valence-corrected chi connectivity index (χ0v) is 16.5. The normalized spacial score (nSPS) is 20.7. The predicted molar refractivity (Wildman–Crippen MR) is 109 cm³/mol. The molecule has 1 fully saturated rings. The third kappa shape index (κ3) is 3.40. The van der Waals surface area contributed by atoms with E-state index >= 15 is 0 Å². The summed E-state index contributed by atoms with van der Waals surface area (Å²) >= 11 is 1.56. The van der Waals surface area contributed by atoms with E-state index in [0.29, 0.717) is 17.4 Å². The summed E-state index contributed by atoms with van der Waals surface area (Å²) in [4.78, 5) is 17.6. The molecule has 0 spiro atoms. The fraction of sp³-hybridized carbons (Fsp3) is 0.500. The molecule has 1 atom stereocenters. The van der Waals surface area contributed by atoms with Crippen molar-refractivity contribution in [2.45, 2.75) is 56.7 Å². The van der Waals surface area contributed by atoms with E-state index in [4.69, 9.17) is 9.73 Å². The lowest BCUT2D eigenvalue weighted by Crippen LogP contribution is -2.14. The Balaban J connectivity index is 1.79. The zero-order chi connectivity index (χ0) is 19.0. The highest BCUT2D eigenvalue weighted by Crippen LogP contribution is 2.46. The molecule has 1 aliphatic carbocycles. The van der Waals surface area contributed by atoms with E-state index in [1.54, 1.807) is 23.9 Å². The predicted octanol–water partition coefficient (Wildman–Crippen LogP) is 4.67. The van der Waals surface area contributed by atoms with Gasteiger partial charge in [-0.3, -0.25) is 14.6 Å². The van der Waals surface area contributed by atoms with Crippen LogP contribution in [0.3, 0.4) is 0 Å². The lowest BCUT2D eigenvalue weighted by molar-refractivity contribution is 0.373. The number of hydrogen-bond donors (Lipinski definition) is 2. The Morgan fingerprint density at radius 2 is 2.00 bits per heavy atom. The molecular weight excluding hydrogens is 362 g/mol. The van der Waals surface area contributed by atoms with Gasteiger partial charge in [0.05, 0.1) is 29.0 Å². The fourth-order valence-corrected chi connectivity index (χ4v) is 5.17. The largest absolute Gasteiger partial charge is 0.504 e. The Labute approximate surface area is 162 Å². The Morgan fingerprint density at radius 3 is 2.70 bits per heavy atom. The van der Waals surface area contributed by atoms with Gasteiger partial charge in [-0.25, -0.2) is 4.99 Å². The molecule has 1 unspecified atom stereocenters. The van der Waals surface area contributed by atoms with Crippen molar-refractivity contribution in [1.29, 1.82) is 0 Å². The molecule has 2 aromatic rings. The highest BCUT2D eigenvalue weighted by Gasteiger charge is 2.32. The van der Waals surface area contributed by atoms with E-state index < -0.39 is 0 Å². The van der Waals surface area contributed by atoms with Gasteiger partial charge in [0.1, 0.15) is 0 Å². The molecule has 1 saturated carbocycles. The van der Waals surface area contributed by atoms with Gasteiger partial charge >= 0.3 is 0 Å².